The van der Waals surface area contributed by atoms with Gasteiger partial charge in [0, 0.05) is 11.6 Å². The highest BCUT2D eigenvalue weighted by atomic mass is 32.2. The van der Waals surface area contributed by atoms with Crippen molar-refractivity contribution in [1.82, 2.24) is 5.32 Å². The van der Waals surface area contributed by atoms with E-state index in [2.05, 4.69) is 5.32 Å². The Balaban J connectivity index is 3.84. The molecular formula is C8H19NO3S. The molecule has 0 aromatic carbocycles. The molecule has 0 saturated heterocycles. The second-order valence-corrected chi connectivity index (χ2v) is 5.94. The van der Waals surface area contributed by atoms with E-state index in [9.17, 15) is 8.42 Å². The molecule has 0 unspecified atom stereocenters. The summed E-state index contributed by atoms with van der Waals surface area (Å²) in [5.41, 5.74) is -0.0291. The smallest absolute Gasteiger partial charge is 0.264 e. The van der Waals surface area contributed by atoms with Crippen LogP contribution >= 0.6 is 0 Å². The summed E-state index contributed by atoms with van der Waals surface area (Å²) in [4.78, 5) is 0. The molecule has 5 heteroatoms. The van der Waals surface area contributed by atoms with Crippen LogP contribution in [0.4, 0.5) is 0 Å². The molecule has 0 aliphatic rings. The maximum atomic E-state index is 10.4. The van der Waals surface area contributed by atoms with Crippen LogP contribution in [0.5, 0.6) is 0 Å². The fraction of sp³-hybridized carbons (Fsp3) is 1.00. The molecule has 0 saturated carbocycles. The first-order chi connectivity index (χ1) is 5.60. The first-order valence-corrected chi connectivity index (χ1v) is 5.94. The predicted octanol–water partition coefficient (Wildman–Crippen LogP) is 1.04. The Morgan fingerprint density at radius 1 is 1.38 bits per heavy atom. The van der Waals surface area contributed by atoms with Crippen LogP contribution in [0.2, 0.25) is 0 Å². The molecule has 0 radical (unpaired) electrons. The normalized spacial score (nSPS) is 15.8. The molecule has 0 aromatic heterocycles. The maximum Gasteiger partial charge on any atom is 0.264 e. The van der Waals surface area contributed by atoms with E-state index >= 15 is 0 Å². The van der Waals surface area contributed by atoms with Crippen molar-refractivity contribution in [3.05, 3.63) is 0 Å². The molecule has 0 heterocycles. The van der Waals surface area contributed by atoms with Crippen molar-refractivity contribution in [2.75, 3.05) is 5.75 Å². The molecular weight excluding hydrogens is 190 g/mol. The van der Waals surface area contributed by atoms with Crippen molar-refractivity contribution in [2.24, 2.45) is 0 Å². The van der Waals surface area contributed by atoms with Gasteiger partial charge in [0.1, 0.15) is 0 Å². The zero-order valence-corrected chi connectivity index (χ0v) is 9.48. The van der Waals surface area contributed by atoms with E-state index < -0.39 is 10.1 Å². The summed E-state index contributed by atoms with van der Waals surface area (Å²) in [6.07, 6.45) is 0.427. The van der Waals surface area contributed by atoms with Gasteiger partial charge in [-0.1, -0.05) is 0 Å². The lowest BCUT2D eigenvalue weighted by Gasteiger charge is -2.25. The van der Waals surface area contributed by atoms with E-state index in [1.54, 1.807) is 0 Å². The van der Waals surface area contributed by atoms with E-state index in [-0.39, 0.29) is 17.3 Å². The Morgan fingerprint density at radius 2 is 1.85 bits per heavy atom. The van der Waals surface area contributed by atoms with Crippen molar-refractivity contribution < 1.29 is 13.0 Å². The SMILES string of the molecule is C[C@@H](CCS(=O)(=O)O)NC(C)(C)C. The van der Waals surface area contributed by atoms with Gasteiger partial charge in [-0.2, -0.15) is 8.42 Å². The van der Waals surface area contributed by atoms with Gasteiger partial charge in [-0.25, -0.2) is 0 Å². The van der Waals surface area contributed by atoms with Crippen LogP contribution in [-0.2, 0) is 10.1 Å². The van der Waals surface area contributed by atoms with Gasteiger partial charge in [0.2, 0.25) is 0 Å². The van der Waals surface area contributed by atoms with Crippen molar-refractivity contribution >= 4 is 10.1 Å². The lowest BCUT2D eigenvalue weighted by Crippen LogP contribution is -2.42. The Morgan fingerprint density at radius 3 is 2.15 bits per heavy atom. The summed E-state index contributed by atoms with van der Waals surface area (Å²) in [5, 5.41) is 3.22. The molecule has 0 fully saturated rings. The lowest BCUT2D eigenvalue weighted by molar-refractivity contribution is 0.364. The molecule has 2 N–H and O–H groups in total. The minimum absolute atomic E-state index is 0.0291. The Kier molecular flexibility index (Phi) is 4.35. The predicted molar refractivity (Wildman–Crippen MR) is 53.4 cm³/mol. The quantitative estimate of drug-likeness (QED) is 0.679. The molecule has 0 aliphatic heterocycles. The minimum Gasteiger partial charge on any atom is -0.310 e. The molecule has 0 aromatic rings. The van der Waals surface area contributed by atoms with Crippen LogP contribution in [0, 0.1) is 0 Å². The van der Waals surface area contributed by atoms with E-state index in [4.69, 9.17) is 4.55 Å². The van der Waals surface area contributed by atoms with Gasteiger partial charge >= 0.3 is 0 Å². The van der Waals surface area contributed by atoms with Crippen molar-refractivity contribution in [3.63, 3.8) is 0 Å². The van der Waals surface area contributed by atoms with Gasteiger partial charge in [-0.05, 0) is 34.1 Å². The summed E-state index contributed by atoms with van der Waals surface area (Å²) in [6.45, 7) is 7.93. The van der Waals surface area contributed by atoms with E-state index in [0.29, 0.717) is 6.42 Å². The third kappa shape index (κ3) is 9.79. The summed E-state index contributed by atoms with van der Waals surface area (Å²) in [6, 6.07) is 0.0851. The van der Waals surface area contributed by atoms with Crippen LogP contribution in [0.15, 0.2) is 0 Å². The molecule has 80 valence electrons. The second-order valence-electron chi connectivity index (χ2n) is 4.37. The zero-order valence-electron chi connectivity index (χ0n) is 8.66. The fourth-order valence-electron chi connectivity index (χ4n) is 1.14. The Hall–Kier alpha value is -0.130. The van der Waals surface area contributed by atoms with Gasteiger partial charge in [-0.15, -0.1) is 0 Å². The molecule has 4 nitrogen and oxygen atoms in total. The topological polar surface area (TPSA) is 66.4 Å². The van der Waals surface area contributed by atoms with Crippen molar-refractivity contribution in [1.29, 1.82) is 0 Å². The molecule has 13 heavy (non-hydrogen) atoms. The standard InChI is InChI=1S/C8H19NO3S/c1-7(9-8(2,3)4)5-6-13(10,11)12/h7,9H,5-6H2,1-4H3,(H,10,11,12)/t7-/m0/s1. The average molecular weight is 209 g/mol. The Bertz CT molecular complexity index is 241. The van der Waals surface area contributed by atoms with Crippen LogP contribution in [0.3, 0.4) is 0 Å². The van der Waals surface area contributed by atoms with Gasteiger partial charge in [0.05, 0.1) is 5.75 Å². The van der Waals surface area contributed by atoms with Gasteiger partial charge in [0.25, 0.3) is 10.1 Å². The van der Waals surface area contributed by atoms with Crippen LogP contribution < -0.4 is 5.32 Å². The molecule has 0 aliphatic carbocycles. The summed E-state index contributed by atoms with van der Waals surface area (Å²) >= 11 is 0. The lowest BCUT2D eigenvalue weighted by atomic mass is 10.1. The van der Waals surface area contributed by atoms with Gasteiger partial charge in [-0.3, -0.25) is 4.55 Å². The fourth-order valence-corrected chi connectivity index (χ4v) is 1.79. The number of hydrogen-bond donors (Lipinski definition) is 2. The molecule has 0 rings (SSSR count). The van der Waals surface area contributed by atoms with Crippen molar-refractivity contribution in [3.8, 4) is 0 Å². The zero-order chi connectivity index (χ0) is 10.7. The summed E-state index contributed by atoms with van der Waals surface area (Å²) < 4.78 is 29.4. The maximum absolute atomic E-state index is 10.4. The van der Waals surface area contributed by atoms with E-state index in [1.807, 2.05) is 27.7 Å². The van der Waals surface area contributed by atoms with E-state index in [1.165, 1.54) is 0 Å². The monoisotopic (exact) mass is 209 g/mol. The number of hydrogen-bond acceptors (Lipinski definition) is 3. The number of nitrogens with one attached hydrogen (secondary N) is 1. The Labute approximate surface area is 80.5 Å². The van der Waals surface area contributed by atoms with Gasteiger partial charge < -0.3 is 5.32 Å². The van der Waals surface area contributed by atoms with Crippen LogP contribution in [-0.4, -0.2) is 30.3 Å². The van der Waals surface area contributed by atoms with Crippen LogP contribution in [0.25, 0.3) is 0 Å². The van der Waals surface area contributed by atoms with Gasteiger partial charge in [0.15, 0.2) is 0 Å². The van der Waals surface area contributed by atoms with Crippen LogP contribution in [0.1, 0.15) is 34.1 Å². The first-order valence-electron chi connectivity index (χ1n) is 4.33. The third-order valence-electron chi connectivity index (χ3n) is 1.49. The minimum atomic E-state index is -3.81. The highest BCUT2D eigenvalue weighted by Crippen LogP contribution is 2.04. The largest absolute Gasteiger partial charge is 0.310 e. The average Bonchev–Trinajstić information content (AvgIpc) is 1.78. The first kappa shape index (κ1) is 12.9. The molecule has 0 amide bonds. The number of rotatable bonds is 4. The van der Waals surface area contributed by atoms with Crippen molar-refractivity contribution in [2.45, 2.75) is 45.7 Å². The molecule has 1 atom stereocenters. The molecule has 0 bridgehead atoms. The highest BCUT2D eigenvalue weighted by molar-refractivity contribution is 7.85. The van der Waals surface area contributed by atoms with E-state index in [0.717, 1.165) is 0 Å². The third-order valence-corrected chi connectivity index (χ3v) is 2.24. The summed E-state index contributed by atoms with van der Waals surface area (Å²) in [7, 11) is -3.81. The molecule has 0 spiro atoms. The highest BCUT2D eigenvalue weighted by Gasteiger charge is 2.15. The summed E-state index contributed by atoms with van der Waals surface area (Å²) in [5.74, 6) is -0.183. The second kappa shape index (κ2) is 4.39.